The maximum Gasteiger partial charge on any atom is 0.233 e. The van der Waals surface area contributed by atoms with Crippen molar-refractivity contribution in [3.8, 4) is 0 Å². The minimum atomic E-state index is 0.406. The molecule has 0 aliphatic carbocycles. The van der Waals surface area contributed by atoms with Gasteiger partial charge >= 0.3 is 0 Å². The molecule has 2 atom stereocenters. The molecule has 2 unspecified atom stereocenters. The maximum absolute atomic E-state index is 5.61. The van der Waals surface area contributed by atoms with E-state index in [1.54, 1.807) is 0 Å². The fraction of sp³-hybridized carbons (Fsp3) is 0.818. The summed E-state index contributed by atoms with van der Waals surface area (Å²) in [7, 11) is 0. The fourth-order valence-electron chi connectivity index (χ4n) is 2.96. The first kappa shape index (κ1) is 11.2. The van der Waals surface area contributed by atoms with Crippen molar-refractivity contribution in [1.82, 2.24) is 14.3 Å². The van der Waals surface area contributed by atoms with E-state index < -0.39 is 0 Å². The monoisotopic (exact) mass is 253 g/mol. The minimum Gasteiger partial charge on any atom is -0.367 e. The molecule has 0 amide bonds. The van der Waals surface area contributed by atoms with E-state index in [-0.39, 0.29) is 0 Å². The molecule has 5 nitrogen and oxygen atoms in total. The van der Waals surface area contributed by atoms with Crippen LogP contribution >= 0.6 is 11.5 Å². The number of piperidine rings is 1. The molecule has 1 aromatic rings. The quantitative estimate of drug-likeness (QED) is 0.814. The summed E-state index contributed by atoms with van der Waals surface area (Å²) in [5.74, 6) is 0.406. The van der Waals surface area contributed by atoms with Gasteiger partial charge in [0.2, 0.25) is 11.1 Å². The van der Waals surface area contributed by atoms with Gasteiger partial charge in [-0.25, -0.2) is 0 Å². The van der Waals surface area contributed by atoms with Gasteiger partial charge in [0.25, 0.3) is 0 Å². The number of rotatable bonds is 1. The average molecular weight is 253 g/mol. The van der Waals surface area contributed by atoms with E-state index in [2.05, 4.69) is 26.1 Å². The molecule has 3 heterocycles. The first-order valence-electron chi connectivity index (χ1n) is 6.34. The van der Waals surface area contributed by atoms with Crippen LogP contribution in [0.5, 0.6) is 0 Å². The third-order valence-corrected chi connectivity index (χ3v) is 4.63. The molecular formula is C11H19N5S. The zero-order valence-electron chi connectivity index (χ0n) is 10.2. The molecule has 0 spiro atoms. The van der Waals surface area contributed by atoms with Gasteiger partial charge in [-0.05, 0) is 26.3 Å². The molecule has 2 aliphatic heterocycles. The molecule has 1 aromatic heterocycles. The highest BCUT2D eigenvalue weighted by molar-refractivity contribution is 7.09. The Morgan fingerprint density at radius 1 is 1.35 bits per heavy atom. The third kappa shape index (κ3) is 2.11. The van der Waals surface area contributed by atoms with Crippen molar-refractivity contribution < 1.29 is 0 Å². The smallest absolute Gasteiger partial charge is 0.233 e. The van der Waals surface area contributed by atoms with Crippen LogP contribution in [0.2, 0.25) is 0 Å². The highest BCUT2D eigenvalue weighted by Gasteiger charge is 2.34. The van der Waals surface area contributed by atoms with Gasteiger partial charge in [0.15, 0.2) is 0 Å². The summed E-state index contributed by atoms with van der Waals surface area (Å²) in [4.78, 5) is 9.32. The largest absolute Gasteiger partial charge is 0.367 e. The summed E-state index contributed by atoms with van der Waals surface area (Å²) in [6.45, 7) is 5.75. The van der Waals surface area contributed by atoms with Crippen LogP contribution in [0.25, 0.3) is 0 Å². The normalized spacial score (nSPS) is 30.3. The van der Waals surface area contributed by atoms with Gasteiger partial charge in [-0.1, -0.05) is 6.42 Å². The Kier molecular flexibility index (Phi) is 2.92. The molecule has 2 fully saturated rings. The minimum absolute atomic E-state index is 0.406. The van der Waals surface area contributed by atoms with Crippen molar-refractivity contribution in [2.45, 2.75) is 38.3 Å². The Balaban J connectivity index is 1.77. The lowest BCUT2D eigenvalue weighted by molar-refractivity contribution is 0.115. The third-order valence-electron chi connectivity index (χ3n) is 3.86. The number of nitrogens with two attached hydrogens (primary N) is 1. The predicted octanol–water partition coefficient (Wildman–Crippen LogP) is 1.18. The van der Waals surface area contributed by atoms with Crippen LogP contribution in [-0.2, 0) is 0 Å². The zero-order valence-corrected chi connectivity index (χ0v) is 11.0. The molecule has 0 aromatic carbocycles. The van der Waals surface area contributed by atoms with Crippen LogP contribution in [0, 0.1) is 0 Å². The number of aromatic nitrogens is 2. The van der Waals surface area contributed by atoms with Crippen molar-refractivity contribution in [2.75, 3.05) is 30.3 Å². The highest BCUT2D eigenvalue weighted by Crippen LogP contribution is 2.29. The topological polar surface area (TPSA) is 58.3 Å². The molecular weight excluding hydrogens is 234 g/mol. The van der Waals surface area contributed by atoms with Gasteiger partial charge < -0.3 is 10.6 Å². The fourth-order valence-corrected chi connectivity index (χ4v) is 3.67. The molecule has 3 rings (SSSR count). The lowest BCUT2D eigenvalue weighted by Crippen LogP contribution is -2.58. The molecule has 2 aliphatic rings. The second kappa shape index (κ2) is 4.42. The molecule has 0 bridgehead atoms. The number of fused-ring (bicyclic) bond motifs is 1. The van der Waals surface area contributed by atoms with E-state index in [9.17, 15) is 0 Å². The second-order valence-electron chi connectivity index (χ2n) is 5.08. The van der Waals surface area contributed by atoms with E-state index in [1.807, 2.05) is 0 Å². The van der Waals surface area contributed by atoms with Crippen LogP contribution in [0.4, 0.5) is 11.1 Å². The molecule has 2 saturated heterocycles. The lowest BCUT2D eigenvalue weighted by atomic mass is 9.97. The molecule has 2 N–H and O–H groups in total. The van der Waals surface area contributed by atoms with E-state index in [0.717, 1.165) is 18.2 Å². The van der Waals surface area contributed by atoms with E-state index in [0.29, 0.717) is 18.0 Å². The SMILES string of the molecule is CC1CN2CCCCC2CN1c1nc(N)ns1. The average Bonchev–Trinajstić information content (AvgIpc) is 2.75. The first-order valence-corrected chi connectivity index (χ1v) is 7.11. The second-order valence-corrected chi connectivity index (χ2v) is 5.81. The Morgan fingerprint density at radius 2 is 2.24 bits per heavy atom. The van der Waals surface area contributed by atoms with Crippen molar-refractivity contribution in [3.63, 3.8) is 0 Å². The summed E-state index contributed by atoms with van der Waals surface area (Å²) in [5.41, 5.74) is 5.61. The number of anilines is 2. The molecule has 6 heteroatoms. The molecule has 17 heavy (non-hydrogen) atoms. The van der Waals surface area contributed by atoms with Crippen LogP contribution in [0.15, 0.2) is 0 Å². The van der Waals surface area contributed by atoms with Gasteiger partial charge in [-0.15, -0.1) is 0 Å². The van der Waals surface area contributed by atoms with Gasteiger partial charge in [0, 0.05) is 36.7 Å². The van der Waals surface area contributed by atoms with Gasteiger partial charge in [0.1, 0.15) is 0 Å². The molecule has 94 valence electrons. The maximum atomic E-state index is 5.61. The number of hydrogen-bond donors (Lipinski definition) is 1. The zero-order chi connectivity index (χ0) is 11.8. The van der Waals surface area contributed by atoms with Crippen molar-refractivity contribution in [1.29, 1.82) is 0 Å². The van der Waals surface area contributed by atoms with Gasteiger partial charge in [0.05, 0.1) is 0 Å². The Labute approximate surface area is 106 Å². The standard InChI is InChI=1S/C11H19N5S/c1-8-6-15-5-3-2-4-9(15)7-16(8)11-13-10(12)14-17-11/h8-9H,2-7H2,1H3,(H2,12,14). The summed E-state index contributed by atoms with van der Waals surface area (Å²) < 4.78 is 4.08. The van der Waals surface area contributed by atoms with E-state index in [4.69, 9.17) is 5.73 Å². The van der Waals surface area contributed by atoms with E-state index in [1.165, 1.54) is 37.3 Å². The van der Waals surface area contributed by atoms with Gasteiger partial charge in [-0.2, -0.15) is 9.36 Å². The predicted molar refractivity (Wildman–Crippen MR) is 70.3 cm³/mol. The number of hydrogen-bond acceptors (Lipinski definition) is 6. The summed E-state index contributed by atoms with van der Waals surface area (Å²) >= 11 is 1.42. The van der Waals surface area contributed by atoms with Crippen LogP contribution in [-0.4, -0.2) is 46.0 Å². The van der Waals surface area contributed by atoms with Crippen molar-refractivity contribution in [2.24, 2.45) is 0 Å². The highest BCUT2D eigenvalue weighted by atomic mass is 32.1. The Hall–Kier alpha value is -0.880. The van der Waals surface area contributed by atoms with Crippen LogP contribution in [0.3, 0.4) is 0 Å². The van der Waals surface area contributed by atoms with Crippen LogP contribution < -0.4 is 10.6 Å². The Morgan fingerprint density at radius 3 is 3.00 bits per heavy atom. The first-order chi connectivity index (χ1) is 8.24. The number of nitrogen functional groups attached to an aromatic ring is 1. The molecule has 0 saturated carbocycles. The van der Waals surface area contributed by atoms with Crippen molar-refractivity contribution in [3.05, 3.63) is 0 Å². The van der Waals surface area contributed by atoms with Crippen molar-refractivity contribution >= 4 is 22.6 Å². The molecule has 0 radical (unpaired) electrons. The Bertz CT molecular complexity index is 393. The van der Waals surface area contributed by atoms with Crippen LogP contribution in [0.1, 0.15) is 26.2 Å². The summed E-state index contributed by atoms with van der Waals surface area (Å²) in [6, 6.07) is 1.21. The van der Waals surface area contributed by atoms with Gasteiger partial charge in [-0.3, -0.25) is 4.90 Å². The number of piperazine rings is 1. The number of nitrogens with zero attached hydrogens (tertiary/aromatic N) is 4. The van der Waals surface area contributed by atoms with E-state index >= 15 is 0 Å². The summed E-state index contributed by atoms with van der Waals surface area (Å²) in [6.07, 6.45) is 4.04. The lowest BCUT2D eigenvalue weighted by Gasteiger charge is -2.47. The summed E-state index contributed by atoms with van der Waals surface area (Å²) in [5, 5.41) is 0.986.